The molecule has 0 atom stereocenters. The molecule has 6 heteroatoms. The van der Waals surface area contributed by atoms with Gasteiger partial charge in [0.25, 0.3) is 0 Å². The molecule has 2 aromatic heterocycles. The highest BCUT2D eigenvalue weighted by Gasteiger charge is 2.19. The molecule has 0 amide bonds. The zero-order chi connectivity index (χ0) is 34.1. The monoisotopic (exact) mass is 652 g/mol. The minimum Gasteiger partial charge on any atom is -0.294 e. The summed E-state index contributed by atoms with van der Waals surface area (Å²) < 4.78 is 0. The smallest absolute Gasteiger partial charge is 0.160 e. The molecule has 0 bridgehead atoms. The average molecular weight is 653 g/mol. The molecule has 7 aromatic rings. The van der Waals surface area contributed by atoms with Crippen molar-refractivity contribution in [1.82, 2.24) is 20.4 Å². The van der Waals surface area contributed by atoms with E-state index in [-0.39, 0.29) is 0 Å². The lowest BCUT2D eigenvalue weighted by atomic mass is 9.90. The molecule has 0 radical (unpaired) electrons. The number of benzene rings is 5. The van der Waals surface area contributed by atoms with Crippen LogP contribution < -0.4 is 9.80 Å². The first-order valence-electron chi connectivity index (χ1n) is 17.4. The van der Waals surface area contributed by atoms with Gasteiger partial charge in [0.2, 0.25) is 0 Å². The molecule has 0 fully saturated rings. The SMILES string of the molecule is CCCc1cc(-c2ccc(N(c3ccccc3)c3ccccc3)nn2)c(CCC)cc1-c1ccc(N(c2ccccc2)c2ccccc2)nn1. The third-order valence-electron chi connectivity index (χ3n) is 8.74. The number of rotatable bonds is 12. The summed E-state index contributed by atoms with van der Waals surface area (Å²) in [4.78, 5) is 4.27. The van der Waals surface area contributed by atoms with Crippen LogP contribution in [-0.2, 0) is 12.8 Å². The Morgan fingerprint density at radius 3 is 0.960 bits per heavy atom. The number of aromatic nitrogens is 4. The largest absolute Gasteiger partial charge is 0.294 e. The first-order chi connectivity index (χ1) is 24.7. The summed E-state index contributed by atoms with van der Waals surface area (Å²) in [6.07, 6.45) is 3.85. The van der Waals surface area contributed by atoms with Crippen LogP contribution >= 0.6 is 0 Å². The van der Waals surface area contributed by atoms with Crippen LogP contribution in [0.2, 0.25) is 0 Å². The van der Waals surface area contributed by atoms with Gasteiger partial charge in [0.05, 0.1) is 11.4 Å². The van der Waals surface area contributed by atoms with Gasteiger partial charge in [0.1, 0.15) is 0 Å². The molecule has 50 heavy (non-hydrogen) atoms. The first kappa shape index (κ1) is 32.4. The van der Waals surface area contributed by atoms with Gasteiger partial charge in [-0.2, -0.15) is 0 Å². The van der Waals surface area contributed by atoms with Gasteiger partial charge in [-0.3, -0.25) is 9.80 Å². The lowest BCUT2D eigenvalue weighted by molar-refractivity contribution is 0.901. The summed E-state index contributed by atoms with van der Waals surface area (Å²) in [6, 6.07) is 54.1. The number of para-hydroxylation sites is 4. The van der Waals surface area contributed by atoms with Crippen LogP contribution in [0.25, 0.3) is 22.5 Å². The molecule has 0 aliphatic heterocycles. The van der Waals surface area contributed by atoms with E-state index in [0.29, 0.717) is 0 Å². The maximum absolute atomic E-state index is 4.83. The van der Waals surface area contributed by atoms with Crippen molar-refractivity contribution in [3.05, 3.63) is 169 Å². The van der Waals surface area contributed by atoms with Crippen molar-refractivity contribution in [2.45, 2.75) is 39.5 Å². The Balaban J connectivity index is 1.25. The van der Waals surface area contributed by atoms with Crippen molar-refractivity contribution >= 4 is 34.4 Å². The lowest BCUT2D eigenvalue weighted by Gasteiger charge is -2.24. The molecule has 0 N–H and O–H groups in total. The summed E-state index contributed by atoms with van der Waals surface area (Å²) in [5.41, 5.74) is 10.6. The number of hydrogen-bond acceptors (Lipinski definition) is 6. The van der Waals surface area contributed by atoms with Gasteiger partial charge in [0, 0.05) is 33.9 Å². The van der Waals surface area contributed by atoms with Gasteiger partial charge in [0.15, 0.2) is 11.6 Å². The minimum absolute atomic E-state index is 0.768. The average Bonchev–Trinajstić information content (AvgIpc) is 3.18. The summed E-state index contributed by atoms with van der Waals surface area (Å²) in [5.74, 6) is 1.54. The van der Waals surface area contributed by atoms with E-state index < -0.39 is 0 Å². The Morgan fingerprint density at radius 1 is 0.380 bits per heavy atom. The van der Waals surface area contributed by atoms with Crippen molar-refractivity contribution in [1.29, 1.82) is 0 Å². The molecule has 7 rings (SSSR count). The maximum Gasteiger partial charge on any atom is 0.160 e. The third kappa shape index (κ3) is 7.01. The van der Waals surface area contributed by atoms with Gasteiger partial charge in [-0.15, -0.1) is 20.4 Å². The van der Waals surface area contributed by atoms with E-state index in [1.54, 1.807) is 0 Å². The number of aryl methyl sites for hydroxylation is 2. The highest BCUT2D eigenvalue weighted by molar-refractivity contribution is 5.78. The molecule has 246 valence electrons. The molecule has 0 aliphatic rings. The van der Waals surface area contributed by atoms with E-state index in [0.717, 1.165) is 82.6 Å². The van der Waals surface area contributed by atoms with Crippen LogP contribution in [0.15, 0.2) is 158 Å². The summed E-state index contributed by atoms with van der Waals surface area (Å²) in [7, 11) is 0. The van der Waals surface area contributed by atoms with Crippen molar-refractivity contribution in [2.75, 3.05) is 9.80 Å². The first-order valence-corrected chi connectivity index (χ1v) is 17.4. The molecular formula is C44H40N6. The van der Waals surface area contributed by atoms with Gasteiger partial charge in [-0.1, -0.05) is 99.5 Å². The second kappa shape index (κ2) is 15.4. The Labute approximate surface area is 294 Å². The van der Waals surface area contributed by atoms with Crippen molar-refractivity contribution < 1.29 is 0 Å². The molecule has 5 aromatic carbocycles. The topological polar surface area (TPSA) is 58.0 Å². The second-order valence-electron chi connectivity index (χ2n) is 12.2. The van der Waals surface area contributed by atoms with E-state index in [9.17, 15) is 0 Å². The number of anilines is 6. The normalized spacial score (nSPS) is 10.9. The molecule has 6 nitrogen and oxygen atoms in total. The summed E-state index contributed by atoms with van der Waals surface area (Å²) in [5, 5.41) is 19.2. The van der Waals surface area contributed by atoms with E-state index in [4.69, 9.17) is 20.4 Å². The molecule has 2 heterocycles. The van der Waals surface area contributed by atoms with E-state index in [1.807, 2.05) is 72.8 Å². The zero-order valence-corrected chi connectivity index (χ0v) is 28.5. The van der Waals surface area contributed by atoms with Crippen LogP contribution in [-0.4, -0.2) is 20.4 Å². The predicted octanol–water partition coefficient (Wildman–Crippen LogP) is 11.4. The van der Waals surface area contributed by atoms with Gasteiger partial charge < -0.3 is 0 Å². The zero-order valence-electron chi connectivity index (χ0n) is 28.5. The molecule has 0 spiro atoms. The number of hydrogen-bond donors (Lipinski definition) is 0. The van der Waals surface area contributed by atoms with Crippen LogP contribution in [0.4, 0.5) is 34.4 Å². The summed E-state index contributed by atoms with van der Waals surface area (Å²) in [6.45, 7) is 4.43. The lowest BCUT2D eigenvalue weighted by Crippen LogP contribution is -2.12. The molecule has 0 saturated heterocycles. The van der Waals surface area contributed by atoms with E-state index in [1.165, 1.54) is 11.1 Å². The minimum atomic E-state index is 0.768. The fourth-order valence-electron chi connectivity index (χ4n) is 6.43. The van der Waals surface area contributed by atoms with Crippen LogP contribution in [0.3, 0.4) is 0 Å². The van der Waals surface area contributed by atoms with Crippen molar-refractivity contribution in [3.8, 4) is 22.5 Å². The fraction of sp³-hybridized carbons (Fsp3) is 0.136. The van der Waals surface area contributed by atoms with Crippen LogP contribution in [0.1, 0.15) is 37.8 Å². The Bertz CT molecular complexity index is 1870. The Hall–Kier alpha value is -6.14. The molecular weight excluding hydrogens is 613 g/mol. The van der Waals surface area contributed by atoms with Gasteiger partial charge in [-0.25, -0.2) is 0 Å². The highest BCUT2D eigenvalue weighted by Crippen LogP contribution is 2.37. The van der Waals surface area contributed by atoms with Gasteiger partial charge in [-0.05, 0) is 109 Å². The summed E-state index contributed by atoms with van der Waals surface area (Å²) >= 11 is 0. The van der Waals surface area contributed by atoms with Crippen LogP contribution in [0.5, 0.6) is 0 Å². The number of nitrogens with zero attached hydrogens (tertiary/aromatic N) is 6. The second-order valence-corrected chi connectivity index (χ2v) is 12.2. The standard InChI is InChI=1S/C44H40N6/c1-3-17-33-31-40(42-28-30-44(48-46-42)50(37-23-13-7-14-24-37)38-25-15-8-16-26-38)34(18-4-2)32-39(33)41-27-29-43(47-45-41)49(35-19-9-5-10-20-35)36-21-11-6-12-22-36/h5-16,19-32H,3-4,17-18H2,1-2H3. The highest BCUT2D eigenvalue weighted by atomic mass is 15.3. The van der Waals surface area contributed by atoms with Crippen LogP contribution in [0, 0.1) is 0 Å². The maximum atomic E-state index is 4.83. The Kier molecular flexibility index (Phi) is 9.97. The molecule has 0 unspecified atom stereocenters. The predicted molar refractivity (Wildman–Crippen MR) is 206 cm³/mol. The van der Waals surface area contributed by atoms with Crippen molar-refractivity contribution in [2.24, 2.45) is 0 Å². The molecule has 0 aliphatic carbocycles. The molecule has 0 saturated carbocycles. The quantitative estimate of drug-likeness (QED) is 0.131. The van der Waals surface area contributed by atoms with E-state index >= 15 is 0 Å². The third-order valence-corrected chi connectivity index (χ3v) is 8.74. The van der Waals surface area contributed by atoms with Gasteiger partial charge >= 0.3 is 0 Å². The van der Waals surface area contributed by atoms with E-state index in [2.05, 4.69) is 109 Å². The van der Waals surface area contributed by atoms with Crippen molar-refractivity contribution in [3.63, 3.8) is 0 Å². The Morgan fingerprint density at radius 2 is 0.700 bits per heavy atom. The fourth-order valence-corrected chi connectivity index (χ4v) is 6.43.